The van der Waals surface area contributed by atoms with E-state index >= 15 is 0 Å². The topological polar surface area (TPSA) is 68.4 Å². The summed E-state index contributed by atoms with van der Waals surface area (Å²) in [4.78, 5) is 29.2. The Hall–Kier alpha value is -3.06. The zero-order valence-electron chi connectivity index (χ0n) is 14.3. The number of aromatic nitrogens is 2. The lowest BCUT2D eigenvalue weighted by atomic mass is 10.2. The van der Waals surface area contributed by atoms with E-state index in [2.05, 4.69) is 10.3 Å². The first-order valence-electron chi connectivity index (χ1n) is 8.03. The van der Waals surface area contributed by atoms with Crippen LogP contribution in [0.25, 0.3) is 17.1 Å². The first-order valence-corrected chi connectivity index (χ1v) is 8.85. The summed E-state index contributed by atoms with van der Waals surface area (Å²) in [5.41, 5.74) is 3.32. The van der Waals surface area contributed by atoms with Crippen LogP contribution in [0.5, 0.6) is 0 Å². The van der Waals surface area contributed by atoms with Crippen molar-refractivity contribution in [3.63, 3.8) is 0 Å². The number of fused-ring (bicyclic) bond motifs is 1. The van der Waals surface area contributed by atoms with Crippen molar-refractivity contribution in [1.29, 1.82) is 0 Å². The van der Waals surface area contributed by atoms with E-state index < -0.39 is 0 Å². The van der Waals surface area contributed by atoms with Crippen LogP contribution in [0.15, 0.2) is 63.2 Å². The zero-order chi connectivity index (χ0) is 18.3. The van der Waals surface area contributed by atoms with Crippen LogP contribution >= 0.6 is 11.8 Å². The maximum absolute atomic E-state index is 12.1. The van der Waals surface area contributed by atoms with Gasteiger partial charge in [0.25, 0.3) is 5.24 Å². The molecule has 1 fully saturated rings. The Kier molecular flexibility index (Phi) is 4.00. The summed E-state index contributed by atoms with van der Waals surface area (Å²) in [5.74, 6) is 0.535. The molecular formula is C19H16N4O2S. The van der Waals surface area contributed by atoms with Crippen LogP contribution in [0.3, 0.4) is 0 Å². The van der Waals surface area contributed by atoms with Gasteiger partial charge in [0.1, 0.15) is 5.84 Å². The Morgan fingerprint density at radius 2 is 1.73 bits per heavy atom. The molecule has 1 aromatic heterocycles. The number of thioether (sulfide) groups is 1. The maximum atomic E-state index is 12.1. The van der Waals surface area contributed by atoms with Gasteiger partial charge in [0, 0.05) is 14.1 Å². The van der Waals surface area contributed by atoms with E-state index in [0.29, 0.717) is 5.84 Å². The number of rotatable bonds is 2. The number of amidine groups is 1. The van der Waals surface area contributed by atoms with Gasteiger partial charge >= 0.3 is 5.69 Å². The van der Waals surface area contributed by atoms with E-state index in [1.165, 1.54) is 0 Å². The van der Waals surface area contributed by atoms with Crippen LogP contribution < -0.4 is 11.0 Å². The molecule has 1 amide bonds. The van der Waals surface area contributed by atoms with Gasteiger partial charge < -0.3 is 5.32 Å². The van der Waals surface area contributed by atoms with Gasteiger partial charge in [0.15, 0.2) is 0 Å². The average Bonchev–Trinajstić information content (AvgIpc) is 3.08. The number of hydrogen-bond acceptors (Lipinski definition) is 4. The molecule has 0 aliphatic carbocycles. The van der Waals surface area contributed by atoms with Gasteiger partial charge in [0.05, 0.1) is 21.6 Å². The fraction of sp³-hybridized carbons (Fsp3) is 0.105. The maximum Gasteiger partial charge on any atom is 0.328 e. The highest BCUT2D eigenvalue weighted by Gasteiger charge is 2.23. The summed E-state index contributed by atoms with van der Waals surface area (Å²) in [5, 5.41) is 2.63. The number of nitrogens with one attached hydrogen (secondary N) is 1. The molecule has 7 heteroatoms. The highest BCUT2D eigenvalue weighted by atomic mass is 32.2. The first-order chi connectivity index (χ1) is 12.5. The molecular weight excluding hydrogens is 348 g/mol. The minimum atomic E-state index is -0.154. The molecule has 0 bridgehead atoms. The molecule has 2 aromatic carbocycles. The molecule has 0 spiro atoms. The number of aryl methyl sites for hydroxylation is 2. The van der Waals surface area contributed by atoms with Crippen LogP contribution in [0.4, 0.5) is 10.5 Å². The fourth-order valence-corrected chi connectivity index (χ4v) is 3.65. The summed E-state index contributed by atoms with van der Waals surface area (Å²) in [6, 6.07) is 15.3. The molecule has 1 aliphatic heterocycles. The highest BCUT2D eigenvalue weighted by Crippen LogP contribution is 2.29. The molecule has 4 rings (SSSR count). The van der Waals surface area contributed by atoms with Crippen molar-refractivity contribution < 1.29 is 4.79 Å². The molecule has 0 atom stereocenters. The number of carbonyl (C=O) groups is 1. The summed E-state index contributed by atoms with van der Waals surface area (Å²) < 4.78 is 3.23. The van der Waals surface area contributed by atoms with Gasteiger partial charge in [-0.15, -0.1) is 0 Å². The lowest BCUT2D eigenvalue weighted by molar-refractivity contribution is 0.265. The number of amides is 1. The molecule has 26 heavy (non-hydrogen) atoms. The molecule has 0 unspecified atom stereocenters. The van der Waals surface area contributed by atoms with Crippen molar-refractivity contribution in [3.05, 3.63) is 69.5 Å². The van der Waals surface area contributed by atoms with Crippen LogP contribution in [0.2, 0.25) is 0 Å². The molecule has 1 saturated heterocycles. The molecule has 1 N–H and O–H groups in total. The van der Waals surface area contributed by atoms with Crippen molar-refractivity contribution in [2.24, 2.45) is 19.1 Å². The van der Waals surface area contributed by atoms with E-state index in [9.17, 15) is 9.59 Å². The highest BCUT2D eigenvalue weighted by molar-refractivity contribution is 8.18. The van der Waals surface area contributed by atoms with Crippen molar-refractivity contribution >= 4 is 45.6 Å². The Labute approximate surface area is 153 Å². The number of nitrogens with zero attached hydrogens (tertiary/aromatic N) is 3. The number of benzene rings is 2. The predicted molar refractivity (Wildman–Crippen MR) is 106 cm³/mol. The third kappa shape index (κ3) is 2.86. The summed E-state index contributed by atoms with van der Waals surface area (Å²) in [7, 11) is 3.50. The number of carbonyl (C=O) groups excluding carboxylic acids is 1. The van der Waals surface area contributed by atoms with E-state index in [1.54, 1.807) is 23.2 Å². The van der Waals surface area contributed by atoms with Crippen molar-refractivity contribution in [2.75, 3.05) is 0 Å². The van der Waals surface area contributed by atoms with Gasteiger partial charge in [-0.2, -0.15) is 0 Å². The summed E-state index contributed by atoms with van der Waals surface area (Å²) >= 11 is 1.11. The lowest BCUT2D eigenvalue weighted by Gasteiger charge is -2.01. The Morgan fingerprint density at radius 3 is 2.50 bits per heavy atom. The van der Waals surface area contributed by atoms with E-state index in [-0.39, 0.29) is 10.9 Å². The first kappa shape index (κ1) is 16.4. The molecule has 0 saturated carbocycles. The third-order valence-electron chi connectivity index (χ3n) is 4.25. The predicted octanol–water partition coefficient (Wildman–Crippen LogP) is 3.40. The monoisotopic (exact) mass is 364 g/mol. The normalized spacial score (nSPS) is 17.4. The van der Waals surface area contributed by atoms with Crippen molar-refractivity contribution in [3.8, 4) is 0 Å². The van der Waals surface area contributed by atoms with Gasteiger partial charge in [-0.3, -0.25) is 13.9 Å². The van der Waals surface area contributed by atoms with E-state index in [4.69, 9.17) is 0 Å². The van der Waals surface area contributed by atoms with Gasteiger partial charge in [-0.1, -0.05) is 24.3 Å². The van der Waals surface area contributed by atoms with Crippen molar-refractivity contribution in [2.45, 2.75) is 0 Å². The number of aliphatic imine (C=N–C) groups is 1. The standard InChI is InChI=1S/C19H16N4O2S/c1-22-14-9-8-12(10-15(14)23(2)19(22)25)11-16-17(21-18(24)26-16)20-13-6-4-3-5-7-13/h3-11H,1-2H3,(H,20,21,24). The smallest absolute Gasteiger partial charge is 0.300 e. The van der Waals surface area contributed by atoms with Crippen LogP contribution in [-0.2, 0) is 14.1 Å². The molecule has 130 valence electrons. The van der Waals surface area contributed by atoms with Crippen LogP contribution in [0, 0.1) is 0 Å². The van der Waals surface area contributed by atoms with E-state index in [0.717, 1.165) is 39.0 Å². The molecule has 1 aliphatic rings. The van der Waals surface area contributed by atoms with Gasteiger partial charge in [0.2, 0.25) is 0 Å². The molecule has 6 nitrogen and oxygen atoms in total. The largest absolute Gasteiger partial charge is 0.328 e. The minimum absolute atomic E-state index is 0.0665. The third-order valence-corrected chi connectivity index (χ3v) is 5.07. The minimum Gasteiger partial charge on any atom is -0.300 e. The Balaban J connectivity index is 1.78. The Bertz CT molecular complexity index is 1140. The second-order valence-corrected chi connectivity index (χ2v) is 6.98. The lowest BCUT2D eigenvalue weighted by Crippen LogP contribution is -2.19. The number of hydrogen-bond donors (Lipinski definition) is 1. The van der Waals surface area contributed by atoms with Crippen LogP contribution in [0.1, 0.15) is 5.56 Å². The second kappa shape index (κ2) is 6.34. The Morgan fingerprint density at radius 1 is 1.00 bits per heavy atom. The second-order valence-electron chi connectivity index (χ2n) is 5.97. The van der Waals surface area contributed by atoms with Gasteiger partial charge in [-0.05, 0) is 47.7 Å². The summed E-state index contributed by atoms with van der Waals surface area (Å²) in [6.07, 6.45) is 1.90. The quantitative estimate of drug-likeness (QED) is 0.758. The number of imidazole rings is 1. The van der Waals surface area contributed by atoms with Crippen molar-refractivity contribution in [1.82, 2.24) is 14.5 Å². The molecule has 0 radical (unpaired) electrons. The molecule has 3 aromatic rings. The SMILES string of the molecule is Cn1c(=O)n(C)c2cc(C=C3SC(=O)NC3=Nc3ccccc3)ccc21. The average molecular weight is 364 g/mol. The van der Waals surface area contributed by atoms with Crippen LogP contribution in [-0.4, -0.2) is 20.2 Å². The molecule has 2 heterocycles. The summed E-state index contributed by atoms with van der Waals surface area (Å²) in [6.45, 7) is 0. The number of para-hydroxylation sites is 1. The zero-order valence-corrected chi connectivity index (χ0v) is 15.1. The fourth-order valence-electron chi connectivity index (χ4n) is 2.91. The van der Waals surface area contributed by atoms with E-state index in [1.807, 2.05) is 54.6 Å². The van der Waals surface area contributed by atoms with Gasteiger partial charge in [-0.25, -0.2) is 9.79 Å².